The van der Waals surface area contributed by atoms with Gasteiger partial charge < -0.3 is 5.32 Å². The van der Waals surface area contributed by atoms with E-state index in [9.17, 15) is 4.79 Å². The molecule has 0 radical (unpaired) electrons. The highest BCUT2D eigenvalue weighted by Gasteiger charge is 2.32. The first kappa shape index (κ1) is 15.9. The summed E-state index contributed by atoms with van der Waals surface area (Å²) < 4.78 is 0. The Hall–Kier alpha value is -2.58. The molecule has 0 spiro atoms. The maximum absolute atomic E-state index is 12.6. The zero-order valence-electron chi connectivity index (χ0n) is 13.7. The van der Waals surface area contributed by atoms with Crippen molar-refractivity contribution in [2.75, 3.05) is 0 Å². The van der Waals surface area contributed by atoms with Gasteiger partial charge in [0.2, 0.25) is 0 Å². The largest absolute Gasteiger partial charge is 0.345 e. The van der Waals surface area contributed by atoms with E-state index in [1.165, 1.54) is 16.7 Å². The summed E-state index contributed by atoms with van der Waals surface area (Å²) in [7, 11) is 0. The van der Waals surface area contributed by atoms with Gasteiger partial charge in [0, 0.05) is 16.5 Å². The number of halogens is 1. The Kier molecular flexibility index (Phi) is 4.29. The van der Waals surface area contributed by atoms with Crippen molar-refractivity contribution in [1.29, 1.82) is 0 Å². The molecule has 0 aliphatic heterocycles. The van der Waals surface area contributed by atoms with Crippen molar-refractivity contribution in [3.63, 3.8) is 0 Å². The molecule has 4 rings (SSSR count). The first-order valence-electron chi connectivity index (χ1n) is 8.42. The molecule has 0 bridgehead atoms. The number of benzene rings is 3. The van der Waals surface area contributed by atoms with E-state index in [2.05, 4.69) is 29.6 Å². The number of hydrogen-bond donors (Lipinski definition) is 1. The second kappa shape index (κ2) is 6.73. The van der Waals surface area contributed by atoms with Gasteiger partial charge in [-0.2, -0.15) is 0 Å². The van der Waals surface area contributed by atoms with Gasteiger partial charge in [0.05, 0.1) is 6.04 Å². The molecule has 124 valence electrons. The summed E-state index contributed by atoms with van der Waals surface area (Å²) in [5.41, 5.74) is 4.34. The number of amides is 1. The second-order valence-electron chi connectivity index (χ2n) is 6.36. The number of nitrogens with one attached hydrogen (secondary N) is 1. The normalized spacial score (nSPS) is 18.6. The standard InChI is InChI=1S/C22H18ClNO/c23-17-10-6-9-16(13-17)20-14-21(19-12-5-4-11-18(19)20)24-22(25)15-7-2-1-3-8-15/h1-13,20-21H,14H2,(H,24,25)/t20-,21-/m0/s1. The quantitative estimate of drug-likeness (QED) is 0.680. The van der Waals surface area contributed by atoms with E-state index in [1.807, 2.05) is 54.6 Å². The lowest BCUT2D eigenvalue weighted by Gasteiger charge is -2.15. The smallest absolute Gasteiger partial charge is 0.251 e. The van der Waals surface area contributed by atoms with Crippen LogP contribution in [0.25, 0.3) is 0 Å². The van der Waals surface area contributed by atoms with E-state index in [4.69, 9.17) is 11.6 Å². The van der Waals surface area contributed by atoms with Crippen LogP contribution in [0.4, 0.5) is 0 Å². The van der Waals surface area contributed by atoms with E-state index in [0.717, 1.165) is 11.4 Å². The van der Waals surface area contributed by atoms with Crippen LogP contribution in [-0.4, -0.2) is 5.91 Å². The molecule has 0 unspecified atom stereocenters. The molecule has 3 aromatic carbocycles. The van der Waals surface area contributed by atoms with Gasteiger partial charge in [-0.15, -0.1) is 0 Å². The van der Waals surface area contributed by atoms with Crippen molar-refractivity contribution < 1.29 is 4.79 Å². The van der Waals surface area contributed by atoms with Crippen molar-refractivity contribution in [2.24, 2.45) is 0 Å². The molecule has 2 atom stereocenters. The van der Waals surface area contributed by atoms with Gasteiger partial charge in [0.25, 0.3) is 5.91 Å². The van der Waals surface area contributed by atoms with Crippen LogP contribution in [0.15, 0.2) is 78.9 Å². The van der Waals surface area contributed by atoms with Gasteiger partial charge in [-0.25, -0.2) is 0 Å². The monoisotopic (exact) mass is 347 g/mol. The highest BCUT2D eigenvalue weighted by atomic mass is 35.5. The molecule has 1 amide bonds. The molecular weight excluding hydrogens is 330 g/mol. The number of carbonyl (C=O) groups is 1. The fourth-order valence-corrected chi connectivity index (χ4v) is 3.84. The van der Waals surface area contributed by atoms with Crippen LogP contribution in [0.2, 0.25) is 5.02 Å². The Bertz CT molecular complexity index is 907. The lowest BCUT2D eigenvalue weighted by atomic mass is 9.93. The minimum Gasteiger partial charge on any atom is -0.345 e. The summed E-state index contributed by atoms with van der Waals surface area (Å²) in [6.45, 7) is 0. The molecule has 25 heavy (non-hydrogen) atoms. The van der Waals surface area contributed by atoms with E-state index in [-0.39, 0.29) is 17.9 Å². The Morgan fingerprint density at radius 2 is 1.60 bits per heavy atom. The molecule has 1 N–H and O–H groups in total. The average molecular weight is 348 g/mol. The van der Waals surface area contributed by atoms with Gasteiger partial charge in [0.1, 0.15) is 0 Å². The van der Waals surface area contributed by atoms with Crippen LogP contribution >= 0.6 is 11.6 Å². The molecule has 0 saturated carbocycles. The average Bonchev–Trinajstić information content (AvgIpc) is 3.01. The van der Waals surface area contributed by atoms with Gasteiger partial charge in [-0.1, -0.05) is 66.2 Å². The highest BCUT2D eigenvalue weighted by Crippen LogP contribution is 2.44. The molecule has 0 heterocycles. The minimum absolute atomic E-state index is 0.00730. The fraction of sp³-hybridized carbons (Fsp3) is 0.136. The molecule has 2 nitrogen and oxygen atoms in total. The zero-order valence-corrected chi connectivity index (χ0v) is 14.4. The first-order chi connectivity index (χ1) is 12.2. The van der Waals surface area contributed by atoms with Crippen LogP contribution < -0.4 is 5.32 Å². The third-order valence-corrected chi connectivity index (χ3v) is 5.05. The number of rotatable bonds is 3. The SMILES string of the molecule is O=C(N[C@H]1C[C@@H](c2cccc(Cl)c2)c2ccccc21)c1ccccc1. The van der Waals surface area contributed by atoms with E-state index >= 15 is 0 Å². The van der Waals surface area contributed by atoms with Gasteiger partial charge in [0.15, 0.2) is 0 Å². The predicted molar refractivity (Wildman–Crippen MR) is 101 cm³/mol. The summed E-state index contributed by atoms with van der Waals surface area (Å²) in [5.74, 6) is 0.211. The van der Waals surface area contributed by atoms with Crippen molar-refractivity contribution in [1.82, 2.24) is 5.32 Å². The minimum atomic E-state index is -0.0350. The summed E-state index contributed by atoms with van der Waals surface area (Å²) in [6, 6.07) is 25.7. The highest BCUT2D eigenvalue weighted by molar-refractivity contribution is 6.30. The maximum Gasteiger partial charge on any atom is 0.251 e. The van der Waals surface area contributed by atoms with Gasteiger partial charge in [-0.05, 0) is 47.4 Å². The topological polar surface area (TPSA) is 29.1 Å². The van der Waals surface area contributed by atoms with Crippen molar-refractivity contribution in [3.05, 3.63) is 106 Å². The summed E-state index contributed by atoms with van der Waals surface area (Å²) in [4.78, 5) is 12.6. The van der Waals surface area contributed by atoms with Gasteiger partial charge in [-0.3, -0.25) is 4.79 Å². The van der Waals surface area contributed by atoms with E-state index in [0.29, 0.717) is 5.56 Å². The van der Waals surface area contributed by atoms with Crippen LogP contribution in [0, 0.1) is 0 Å². The number of hydrogen-bond acceptors (Lipinski definition) is 1. The zero-order chi connectivity index (χ0) is 17.2. The Morgan fingerprint density at radius 1 is 0.880 bits per heavy atom. The van der Waals surface area contributed by atoms with E-state index < -0.39 is 0 Å². The lowest BCUT2D eigenvalue weighted by molar-refractivity contribution is 0.0936. The molecule has 3 aromatic rings. The summed E-state index contributed by atoms with van der Waals surface area (Å²) >= 11 is 6.18. The van der Waals surface area contributed by atoms with Crippen molar-refractivity contribution in [3.8, 4) is 0 Å². The third kappa shape index (κ3) is 3.18. The van der Waals surface area contributed by atoms with Crippen LogP contribution in [0.1, 0.15) is 45.4 Å². The third-order valence-electron chi connectivity index (χ3n) is 4.81. The Labute approximate surface area is 152 Å². The molecule has 0 saturated heterocycles. The van der Waals surface area contributed by atoms with Crippen LogP contribution in [0.5, 0.6) is 0 Å². The maximum atomic E-state index is 12.6. The Morgan fingerprint density at radius 3 is 2.36 bits per heavy atom. The number of fused-ring (bicyclic) bond motifs is 1. The Balaban J connectivity index is 1.64. The molecular formula is C22H18ClNO. The van der Waals surface area contributed by atoms with Crippen LogP contribution in [0.3, 0.4) is 0 Å². The lowest BCUT2D eigenvalue weighted by Crippen LogP contribution is -2.27. The molecule has 1 aliphatic carbocycles. The van der Waals surface area contributed by atoms with Crippen molar-refractivity contribution >= 4 is 17.5 Å². The molecule has 1 aliphatic rings. The molecule has 3 heteroatoms. The molecule has 0 aromatic heterocycles. The number of carbonyl (C=O) groups excluding carboxylic acids is 1. The summed E-state index contributed by atoms with van der Waals surface area (Å²) in [6.07, 6.45) is 0.845. The van der Waals surface area contributed by atoms with E-state index in [1.54, 1.807) is 0 Å². The van der Waals surface area contributed by atoms with Crippen LogP contribution in [-0.2, 0) is 0 Å². The van der Waals surface area contributed by atoms with Crippen molar-refractivity contribution in [2.45, 2.75) is 18.4 Å². The van der Waals surface area contributed by atoms with Gasteiger partial charge >= 0.3 is 0 Å². The molecule has 0 fully saturated rings. The first-order valence-corrected chi connectivity index (χ1v) is 8.80. The summed E-state index contributed by atoms with van der Waals surface area (Å²) in [5, 5.41) is 3.94. The second-order valence-corrected chi connectivity index (χ2v) is 6.80. The fourth-order valence-electron chi connectivity index (χ4n) is 3.64. The predicted octanol–water partition coefficient (Wildman–Crippen LogP) is 5.35.